The van der Waals surface area contributed by atoms with Crippen LogP contribution >= 0.6 is 11.8 Å². The largest absolute Gasteiger partial charge is 0.388 e. The summed E-state index contributed by atoms with van der Waals surface area (Å²) in [4.78, 5) is 0. The summed E-state index contributed by atoms with van der Waals surface area (Å²) in [5.74, 6) is 0.496. The summed E-state index contributed by atoms with van der Waals surface area (Å²) in [7, 11) is 0. The van der Waals surface area contributed by atoms with Crippen LogP contribution in [0.2, 0.25) is 0 Å². The molecule has 98 heavy (non-hydrogen) atoms. The SMILES string of the molecule is O[C@@H]1[C@@H](O)[C@H](O[C@@H]2CO[C@@H](O[C@@H]3CO[C@@H](O[C@@H]4CO[C@@H](O[C@@H]5CO[C@@H](O[C@@H]6CO[C@@H](O[C@@H]7CO[C@@H](O[C@@H]8CO[C@@H](O[C@@H]9CO[C@@H](O[C@@H]%10CO[C@@H](SCc%11ccccc%11)[C@H](O)[C@H]%10O)[C@H](O)[C@H]9O)[C@H](O)[C@H]8O)[C@H](O)[C@H]7O)[C@H](O)[C@H]6O)[C@H](O)[C@H]5O)[C@H](O)[C@H]4O)[C@H](O)[C@H]3O)[C@H](O)[C@H]2O)OC[C@H]1O. The summed E-state index contributed by atoms with van der Waals surface area (Å²) in [6, 6.07) is 9.41. The molecule has 40 nitrogen and oxygen atoms in total. The molecule has 0 aromatic heterocycles. The van der Waals surface area contributed by atoms with Crippen LogP contribution in [0.4, 0.5) is 0 Å². The van der Waals surface area contributed by atoms with Crippen LogP contribution < -0.4 is 0 Å². The Morgan fingerprint density at radius 1 is 0.235 bits per heavy atom. The van der Waals surface area contributed by atoms with E-state index in [1.807, 2.05) is 30.3 Å². The van der Waals surface area contributed by atoms with Gasteiger partial charge in [0.2, 0.25) is 0 Å². The quantitative estimate of drug-likeness (QED) is 0.0543. The fraction of sp³-hybridized carbons (Fsp3) is 0.895. The molecule has 40 atom stereocenters. The predicted molar refractivity (Wildman–Crippen MR) is 305 cm³/mol. The molecule has 21 N–H and O–H groups in total. The number of benzene rings is 1. The Morgan fingerprint density at radius 3 is 0.663 bits per heavy atom. The second kappa shape index (κ2) is 34.0. The van der Waals surface area contributed by atoms with Crippen molar-refractivity contribution in [3.63, 3.8) is 0 Å². The number of ether oxygens (including phenoxy) is 19. The molecule has 1 aromatic carbocycles. The van der Waals surface area contributed by atoms with Gasteiger partial charge >= 0.3 is 0 Å². The normalized spacial score (nSPS) is 51.6. The highest BCUT2D eigenvalue weighted by Crippen LogP contribution is 2.36. The molecule has 10 fully saturated rings. The molecule has 0 saturated carbocycles. The van der Waals surface area contributed by atoms with Crippen molar-refractivity contribution in [2.45, 2.75) is 251 Å². The second-order valence-electron chi connectivity index (χ2n) is 25.3. The van der Waals surface area contributed by atoms with Gasteiger partial charge < -0.3 is 197 Å². The molecule has 1 aromatic rings. The van der Waals surface area contributed by atoms with Crippen molar-refractivity contribution in [2.24, 2.45) is 0 Å². The monoisotopic (exact) mass is 1440 g/mol. The Balaban J connectivity index is 0.562. The topological polar surface area (TPSA) is 600 Å². The van der Waals surface area contributed by atoms with Gasteiger partial charge in [0.05, 0.1) is 66.1 Å². The van der Waals surface area contributed by atoms with Crippen LogP contribution in [-0.2, 0) is 95.8 Å². The first-order valence-electron chi connectivity index (χ1n) is 31.8. The van der Waals surface area contributed by atoms with E-state index in [4.69, 9.17) is 90.0 Å². The zero-order valence-corrected chi connectivity index (χ0v) is 52.6. The maximum Gasteiger partial charge on any atom is 0.186 e. The summed E-state index contributed by atoms with van der Waals surface area (Å²) in [6.45, 7) is -4.73. The zero-order valence-electron chi connectivity index (χ0n) is 51.8. The van der Waals surface area contributed by atoms with Crippen LogP contribution in [0.15, 0.2) is 30.3 Å². The third-order valence-corrected chi connectivity index (χ3v) is 19.6. The highest BCUT2D eigenvalue weighted by Gasteiger charge is 2.55. The molecular weight excluding hydrogens is 1360 g/mol. The van der Waals surface area contributed by atoms with E-state index in [0.717, 1.165) is 5.56 Å². The molecule has 10 aliphatic rings. The van der Waals surface area contributed by atoms with E-state index in [9.17, 15) is 107 Å². The van der Waals surface area contributed by atoms with E-state index in [-0.39, 0.29) is 6.61 Å². The maximum absolute atomic E-state index is 11.1. The van der Waals surface area contributed by atoms with Gasteiger partial charge in [0.1, 0.15) is 189 Å². The van der Waals surface area contributed by atoms with Crippen LogP contribution in [0.1, 0.15) is 5.56 Å². The first kappa shape index (κ1) is 77.1. The minimum absolute atomic E-state index is 0.184. The van der Waals surface area contributed by atoms with Crippen LogP contribution in [0.25, 0.3) is 0 Å². The number of hydrogen-bond acceptors (Lipinski definition) is 41. The standard InChI is InChI=1S/C57H88O40S/c58-18-6-79-48(38(69)28(18)59)89-19-7-80-49(39(70)29(19)60)90-20-8-81-50(40(71)30(20)61)91-21-9-82-51(41(72)31(21)62)92-22-10-83-52(42(73)32(22)63)93-23-11-84-53(43(74)33(23)64)94-24-12-85-54(44(75)34(24)65)95-25-13-86-55(45(76)35(25)66)96-26-14-87-56(46(77)36(26)67)97-27-15-88-57(47(78)37(27)68)98-16-17-4-2-1-3-5-17/h1-5,18-78H,6-16H2/t18-,19-,20-,21-,22-,23-,24-,25-,26-,27-,28+,29+,30+,31+,32+,33+,34+,35+,36+,37+,38-,39-,40-,41-,42-,43-,44-,45-,46-,47-,48+,49+,50+,51+,52+,53+,54+,55+,56+,57+/m1/s1. The Bertz CT molecular complexity index is 2590. The molecule has 10 saturated heterocycles. The predicted octanol–water partition coefficient (Wildman–Crippen LogP) is -13.5. The van der Waals surface area contributed by atoms with Crippen molar-refractivity contribution in [3.8, 4) is 0 Å². The van der Waals surface area contributed by atoms with Gasteiger partial charge in [0, 0.05) is 5.75 Å². The highest BCUT2D eigenvalue weighted by atomic mass is 32.2. The van der Waals surface area contributed by atoms with Gasteiger partial charge in [0.15, 0.2) is 56.6 Å². The Kier molecular flexibility index (Phi) is 26.8. The first-order chi connectivity index (χ1) is 46.8. The minimum atomic E-state index is -1.94. The van der Waals surface area contributed by atoms with E-state index in [1.54, 1.807) is 0 Å². The molecule has 562 valence electrons. The number of thioether (sulfide) groups is 1. The van der Waals surface area contributed by atoms with E-state index < -0.39 is 305 Å². The lowest BCUT2D eigenvalue weighted by Gasteiger charge is -2.46. The van der Waals surface area contributed by atoms with Crippen molar-refractivity contribution >= 4 is 11.8 Å². The maximum atomic E-state index is 11.1. The van der Waals surface area contributed by atoms with E-state index >= 15 is 0 Å². The smallest absolute Gasteiger partial charge is 0.186 e. The summed E-state index contributed by atoms with van der Waals surface area (Å²) < 4.78 is 106. The van der Waals surface area contributed by atoms with Gasteiger partial charge in [-0.2, -0.15) is 0 Å². The van der Waals surface area contributed by atoms with E-state index in [2.05, 4.69) is 0 Å². The van der Waals surface area contributed by atoms with Crippen LogP contribution in [-0.4, -0.2) is 418 Å². The fourth-order valence-corrected chi connectivity index (χ4v) is 13.4. The Labute approximate surface area is 560 Å². The Morgan fingerprint density at radius 2 is 0.429 bits per heavy atom. The molecule has 0 amide bonds. The van der Waals surface area contributed by atoms with Gasteiger partial charge in [-0.05, 0) is 5.56 Å². The van der Waals surface area contributed by atoms with Crippen molar-refractivity contribution in [1.82, 2.24) is 0 Å². The highest BCUT2D eigenvalue weighted by molar-refractivity contribution is 7.99. The molecule has 0 bridgehead atoms. The third kappa shape index (κ3) is 17.3. The molecule has 10 heterocycles. The van der Waals surface area contributed by atoms with Crippen molar-refractivity contribution in [2.75, 3.05) is 66.1 Å². The van der Waals surface area contributed by atoms with Gasteiger partial charge in [-0.25, -0.2) is 0 Å². The van der Waals surface area contributed by atoms with E-state index in [1.165, 1.54) is 11.8 Å². The van der Waals surface area contributed by atoms with Gasteiger partial charge in [0.25, 0.3) is 0 Å². The van der Waals surface area contributed by atoms with Crippen molar-refractivity contribution < 1.29 is 197 Å². The number of hydrogen-bond donors (Lipinski definition) is 21. The molecule has 0 radical (unpaired) electrons. The molecule has 0 aliphatic carbocycles. The van der Waals surface area contributed by atoms with Gasteiger partial charge in [-0.1, -0.05) is 30.3 Å². The molecule has 10 aliphatic heterocycles. The molecule has 0 spiro atoms. The minimum Gasteiger partial charge on any atom is -0.388 e. The lowest BCUT2D eigenvalue weighted by Crippen LogP contribution is -2.63. The first-order valence-corrected chi connectivity index (χ1v) is 32.8. The van der Waals surface area contributed by atoms with Crippen LogP contribution in [0, 0.1) is 0 Å². The van der Waals surface area contributed by atoms with Gasteiger partial charge in [-0.3, -0.25) is 0 Å². The van der Waals surface area contributed by atoms with Crippen molar-refractivity contribution in [1.29, 1.82) is 0 Å². The second-order valence-corrected chi connectivity index (χ2v) is 26.4. The lowest BCUT2D eigenvalue weighted by molar-refractivity contribution is -0.369. The number of rotatable bonds is 21. The van der Waals surface area contributed by atoms with Crippen LogP contribution in [0.5, 0.6) is 0 Å². The summed E-state index contributed by atoms with van der Waals surface area (Å²) in [5.41, 5.74) is 0.191. The molecule has 41 heteroatoms. The average Bonchev–Trinajstić information content (AvgIpc) is 0.805. The summed E-state index contributed by atoms with van der Waals surface area (Å²) in [6.07, 6.45) is -64.3. The Hall–Kier alpha value is -2.03. The fourth-order valence-electron chi connectivity index (χ4n) is 12.3. The molecule has 11 rings (SSSR count). The molecular formula is C57H88O40S. The van der Waals surface area contributed by atoms with E-state index in [0.29, 0.717) is 5.75 Å². The summed E-state index contributed by atoms with van der Waals surface area (Å²) >= 11 is 1.27. The van der Waals surface area contributed by atoms with Crippen LogP contribution in [0.3, 0.4) is 0 Å². The van der Waals surface area contributed by atoms with Crippen molar-refractivity contribution in [3.05, 3.63) is 35.9 Å². The lowest BCUT2D eigenvalue weighted by atomic mass is 10.0. The zero-order chi connectivity index (χ0) is 70.1. The number of aliphatic hydroxyl groups excluding tert-OH is 21. The number of aliphatic hydroxyl groups is 21. The molecule has 0 unspecified atom stereocenters. The summed E-state index contributed by atoms with van der Waals surface area (Å²) in [5, 5.41) is 227. The average molecular weight is 1450 g/mol. The third-order valence-electron chi connectivity index (χ3n) is 18.4. The van der Waals surface area contributed by atoms with Gasteiger partial charge in [-0.15, -0.1) is 11.8 Å².